The zero-order valence-corrected chi connectivity index (χ0v) is 14.7. The Hall–Kier alpha value is -2.73. The highest BCUT2D eigenvalue weighted by molar-refractivity contribution is 7.15. The largest absolute Gasteiger partial charge is 0.481 e. The minimum Gasteiger partial charge on any atom is -0.481 e. The van der Waals surface area contributed by atoms with Gasteiger partial charge in [0.25, 0.3) is 5.91 Å². The summed E-state index contributed by atoms with van der Waals surface area (Å²) >= 11 is 1.38. The SMILES string of the molecule is CC[C@@H](Oc1ccccc1)C(=O)Nc1nnc(Cc2ccccc2)s1. The van der Waals surface area contributed by atoms with Crippen molar-refractivity contribution in [3.8, 4) is 5.75 Å². The Balaban J connectivity index is 1.60. The fraction of sp³-hybridized carbons (Fsp3) is 0.211. The summed E-state index contributed by atoms with van der Waals surface area (Å²) in [6.45, 7) is 1.91. The molecule has 0 fully saturated rings. The van der Waals surface area contributed by atoms with Gasteiger partial charge in [-0.2, -0.15) is 0 Å². The van der Waals surface area contributed by atoms with E-state index in [1.165, 1.54) is 11.3 Å². The van der Waals surface area contributed by atoms with Gasteiger partial charge in [0.1, 0.15) is 10.8 Å². The molecule has 1 N–H and O–H groups in total. The smallest absolute Gasteiger partial charge is 0.267 e. The van der Waals surface area contributed by atoms with Gasteiger partial charge in [0, 0.05) is 6.42 Å². The molecule has 0 aliphatic heterocycles. The van der Waals surface area contributed by atoms with Gasteiger partial charge >= 0.3 is 0 Å². The Morgan fingerprint density at radius 2 is 1.76 bits per heavy atom. The number of para-hydroxylation sites is 1. The average Bonchev–Trinajstić information content (AvgIpc) is 3.08. The van der Waals surface area contributed by atoms with Crippen LogP contribution in [0.5, 0.6) is 5.75 Å². The lowest BCUT2D eigenvalue weighted by Crippen LogP contribution is -2.32. The van der Waals surface area contributed by atoms with Crippen LogP contribution in [0.2, 0.25) is 0 Å². The van der Waals surface area contributed by atoms with Crippen LogP contribution in [-0.2, 0) is 11.2 Å². The Morgan fingerprint density at radius 3 is 2.44 bits per heavy atom. The van der Waals surface area contributed by atoms with Crippen molar-refractivity contribution < 1.29 is 9.53 Å². The van der Waals surface area contributed by atoms with Gasteiger partial charge in [-0.05, 0) is 24.1 Å². The van der Waals surface area contributed by atoms with Gasteiger partial charge in [-0.3, -0.25) is 10.1 Å². The topological polar surface area (TPSA) is 64.1 Å². The Kier molecular flexibility index (Phi) is 5.74. The number of carbonyl (C=O) groups is 1. The first-order valence-electron chi connectivity index (χ1n) is 8.13. The number of anilines is 1. The molecule has 0 aliphatic rings. The molecular formula is C19H19N3O2S. The maximum Gasteiger partial charge on any atom is 0.267 e. The van der Waals surface area contributed by atoms with Crippen LogP contribution in [0.1, 0.15) is 23.9 Å². The number of hydrogen-bond acceptors (Lipinski definition) is 5. The minimum absolute atomic E-state index is 0.214. The Labute approximate surface area is 150 Å². The molecule has 0 unspecified atom stereocenters. The summed E-state index contributed by atoms with van der Waals surface area (Å²) in [7, 11) is 0. The van der Waals surface area contributed by atoms with Crippen LogP contribution in [0.25, 0.3) is 0 Å². The van der Waals surface area contributed by atoms with E-state index < -0.39 is 6.10 Å². The lowest BCUT2D eigenvalue weighted by Gasteiger charge is -2.16. The van der Waals surface area contributed by atoms with Crippen molar-refractivity contribution in [1.29, 1.82) is 0 Å². The Bertz CT molecular complexity index is 806. The average molecular weight is 353 g/mol. The van der Waals surface area contributed by atoms with Gasteiger partial charge in [0.05, 0.1) is 0 Å². The van der Waals surface area contributed by atoms with E-state index in [-0.39, 0.29) is 5.91 Å². The summed E-state index contributed by atoms with van der Waals surface area (Å²) in [5, 5.41) is 12.4. The van der Waals surface area contributed by atoms with E-state index in [0.29, 0.717) is 23.7 Å². The molecule has 0 saturated heterocycles. The Morgan fingerprint density at radius 1 is 1.08 bits per heavy atom. The molecule has 0 aliphatic carbocycles. The highest BCUT2D eigenvalue weighted by atomic mass is 32.1. The highest BCUT2D eigenvalue weighted by Gasteiger charge is 2.20. The second kappa shape index (κ2) is 8.39. The highest BCUT2D eigenvalue weighted by Crippen LogP contribution is 2.20. The molecule has 128 valence electrons. The van der Waals surface area contributed by atoms with Crippen molar-refractivity contribution in [2.75, 3.05) is 5.32 Å². The third kappa shape index (κ3) is 4.87. The number of ether oxygens (including phenoxy) is 1. The number of nitrogens with zero attached hydrogens (tertiary/aromatic N) is 2. The van der Waals surface area contributed by atoms with Gasteiger partial charge in [-0.25, -0.2) is 0 Å². The van der Waals surface area contributed by atoms with Crippen LogP contribution in [0, 0.1) is 0 Å². The van der Waals surface area contributed by atoms with E-state index >= 15 is 0 Å². The normalized spacial score (nSPS) is 11.7. The summed E-state index contributed by atoms with van der Waals surface area (Å²) in [5.74, 6) is 0.459. The second-order valence-corrected chi connectivity index (χ2v) is 6.54. The fourth-order valence-electron chi connectivity index (χ4n) is 2.32. The van der Waals surface area contributed by atoms with Crippen LogP contribution >= 0.6 is 11.3 Å². The second-order valence-electron chi connectivity index (χ2n) is 5.48. The monoisotopic (exact) mass is 353 g/mol. The van der Waals surface area contributed by atoms with Crippen molar-refractivity contribution in [3.05, 3.63) is 71.2 Å². The summed E-state index contributed by atoms with van der Waals surface area (Å²) in [6.07, 6.45) is 0.701. The lowest BCUT2D eigenvalue weighted by molar-refractivity contribution is -0.122. The zero-order chi connectivity index (χ0) is 17.5. The lowest BCUT2D eigenvalue weighted by atomic mass is 10.2. The standard InChI is InChI=1S/C19H19N3O2S/c1-2-16(24-15-11-7-4-8-12-15)18(23)20-19-22-21-17(25-19)13-14-9-5-3-6-10-14/h3-12,16H,2,13H2,1H3,(H,20,22,23)/t16-/m1/s1. The molecular weight excluding hydrogens is 334 g/mol. The quantitative estimate of drug-likeness (QED) is 0.699. The maximum absolute atomic E-state index is 12.4. The summed E-state index contributed by atoms with van der Waals surface area (Å²) in [5.41, 5.74) is 1.16. The first-order chi connectivity index (χ1) is 12.2. The molecule has 0 bridgehead atoms. The third-order valence-corrected chi connectivity index (χ3v) is 4.42. The molecule has 2 aromatic carbocycles. The predicted molar refractivity (Wildman–Crippen MR) is 98.9 cm³/mol. The van der Waals surface area contributed by atoms with E-state index in [1.807, 2.05) is 67.6 Å². The van der Waals surface area contributed by atoms with Crippen LogP contribution < -0.4 is 10.1 Å². The third-order valence-electron chi connectivity index (χ3n) is 3.58. The molecule has 6 heteroatoms. The fourth-order valence-corrected chi connectivity index (χ4v) is 3.09. The van der Waals surface area contributed by atoms with Gasteiger partial charge in [0.15, 0.2) is 6.10 Å². The first-order valence-corrected chi connectivity index (χ1v) is 8.95. The number of carbonyl (C=O) groups excluding carboxylic acids is 1. The minimum atomic E-state index is -0.566. The molecule has 0 saturated carbocycles. The number of hydrogen-bond donors (Lipinski definition) is 1. The van der Waals surface area contributed by atoms with Gasteiger partial charge in [-0.15, -0.1) is 10.2 Å². The molecule has 1 atom stereocenters. The van der Waals surface area contributed by atoms with E-state index in [0.717, 1.165) is 10.6 Å². The van der Waals surface area contributed by atoms with E-state index in [9.17, 15) is 4.79 Å². The molecule has 1 aromatic heterocycles. The van der Waals surface area contributed by atoms with Crippen LogP contribution in [0.15, 0.2) is 60.7 Å². The van der Waals surface area contributed by atoms with Crippen LogP contribution in [0.3, 0.4) is 0 Å². The number of nitrogens with one attached hydrogen (secondary N) is 1. The van der Waals surface area contributed by atoms with Gasteiger partial charge in [-0.1, -0.05) is 66.8 Å². The van der Waals surface area contributed by atoms with Gasteiger partial charge < -0.3 is 4.74 Å². The number of benzene rings is 2. The predicted octanol–water partition coefficient (Wildman–Crippen LogP) is 3.93. The van der Waals surface area contributed by atoms with Crippen molar-refractivity contribution in [3.63, 3.8) is 0 Å². The number of amides is 1. The number of rotatable bonds is 7. The maximum atomic E-state index is 12.4. The number of aromatic nitrogens is 2. The summed E-state index contributed by atoms with van der Waals surface area (Å²) in [4.78, 5) is 12.4. The van der Waals surface area contributed by atoms with Gasteiger partial charge in [0.2, 0.25) is 5.13 Å². The van der Waals surface area contributed by atoms with E-state index in [4.69, 9.17) is 4.74 Å². The summed E-state index contributed by atoms with van der Waals surface area (Å²) in [6, 6.07) is 19.4. The van der Waals surface area contributed by atoms with E-state index in [2.05, 4.69) is 15.5 Å². The molecule has 3 aromatic rings. The summed E-state index contributed by atoms with van der Waals surface area (Å²) < 4.78 is 5.74. The van der Waals surface area contributed by atoms with Crippen LogP contribution in [0.4, 0.5) is 5.13 Å². The first kappa shape index (κ1) is 17.1. The molecule has 1 amide bonds. The van der Waals surface area contributed by atoms with Crippen molar-refractivity contribution in [1.82, 2.24) is 10.2 Å². The van der Waals surface area contributed by atoms with Crippen molar-refractivity contribution in [2.24, 2.45) is 0 Å². The molecule has 1 heterocycles. The molecule has 0 radical (unpaired) electrons. The zero-order valence-electron chi connectivity index (χ0n) is 13.9. The van der Waals surface area contributed by atoms with Crippen molar-refractivity contribution in [2.45, 2.75) is 25.9 Å². The van der Waals surface area contributed by atoms with Crippen molar-refractivity contribution >= 4 is 22.4 Å². The van der Waals surface area contributed by atoms with Crippen LogP contribution in [-0.4, -0.2) is 22.2 Å². The molecule has 3 rings (SSSR count). The molecule has 25 heavy (non-hydrogen) atoms. The molecule has 5 nitrogen and oxygen atoms in total. The molecule has 0 spiro atoms. The van der Waals surface area contributed by atoms with E-state index in [1.54, 1.807) is 0 Å².